The van der Waals surface area contributed by atoms with Gasteiger partial charge in [0.05, 0.1) is 22.5 Å². The Morgan fingerprint density at radius 3 is 1.25 bits per heavy atom. The van der Waals surface area contributed by atoms with Gasteiger partial charge in [-0.1, -0.05) is 90.0 Å². The van der Waals surface area contributed by atoms with Gasteiger partial charge in [-0.25, -0.2) is 9.59 Å². The van der Waals surface area contributed by atoms with Crippen LogP contribution in [0.25, 0.3) is 0 Å². The van der Waals surface area contributed by atoms with Crippen LogP contribution in [0.3, 0.4) is 0 Å². The number of carbonyl (C=O) groups is 2. The maximum Gasteiger partial charge on any atom is 0.434 e. The van der Waals surface area contributed by atoms with Gasteiger partial charge in [-0.15, -0.1) is 0 Å². The number of carbonyl (C=O) groups excluding carboxylic acids is 2. The Kier molecular flexibility index (Phi) is 11.1. The average molecular weight is 503 g/mol. The van der Waals surface area contributed by atoms with Gasteiger partial charge < -0.3 is 10.6 Å². The molecule has 0 bridgehead atoms. The van der Waals surface area contributed by atoms with Crippen molar-refractivity contribution in [1.29, 1.82) is 0 Å². The number of hydrogen-bond donors (Lipinski definition) is 2. The lowest BCUT2D eigenvalue weighted by atomic mass is 9.87. The first-order valence-corrected chi connectivity index (χ1v) is 12.7. The van der Waals surface area contributed by atoms with Crippen LogP contribution in [0.1, 0.15) is 94.2 Å². The van der Waals surface area contributed by atoms with Crippen LogP contribution in [0, 0.1) is 23.7 Å². The van der Waals surface area contributed by atoms with Crippen molar-refractivity contribution in [2.24, 2.45) is 34.0 Å². The number of benzene rings is 1. The predicted molar refractivity (Wildman–Crippen MR) is 146 cm³/mol. The Hall–Kier alpha value is -2.90. The van der Waals surface area contributed by atoms with Gasteiger partial charge in [0.1, 0.15) is 0 Å². The number of nitrogens with one attached hydrogen (secondary N) is 2. The molecule has 0 aliphatic carbocycles. The van der Waals surface area contributed by atoms with Crippen LogP contribution in [0.5, 0.6) is 0 Å². The van der Waals surface area contributed by atoms with Gasteiger partial charge in [-0.05, 0) is 62.5 Å². The van der Waals surface area contributed by atoms with Crippen LogP contribution in [-0.2, 0) is 20.8 Å². The molecule has 0 saturated heterocycles. The van der Waals surface area contributed by atoms with E-state index < -0.39 is 23.3 Å². The fraction of sp³-hybridized carbons (Fsp3) is 0.643. The molecule has 0 atom stereocenters. The lowest BCUT2D eigenvalue weighted by Gasteiger charge is -2.30. The standard InChI is InChI=1S/C28H46N4O4/c1-17(2)23(18(3)4)31-35-25(33)29-27(9,10)21-14-13-15-22(16-21)28(11,12)30-26(34)36-32-24(19(5)6)20(7)8/h13-20H,1-12H3,(H,29,33)(H,30,34). The molecule has 202 valence electrons. The lowest BCUT2D eigenvalue weighted by Crippen LogP contribution is -2.43. The minimum Gasteiger partial charge on any atom is -0.311 e. The maximum absolute atomic E-state index is 12.5. The second-order valence-electron chi connectivity index (χ2n) is 11.5. The summed E-state index contributed by atoms with van der Waals surface area (Å²) in [4.78, 5) is 35.3. The zero-order valence-electron chi connectivity index (χ0n) is 24.1. The van der Waals surface area contributed by atoms with Gasteiger partial charge in [-0.2, -0.15) is 0 Å². The molecule has 1 aromatic rings. The Balaban J connectivity index is 3.00. The maximum atomic E-state index is 12.5. The van der Waals surface area contributed by atoms with Gasteiger partial charge in [-0.3, -0.25) is 9.68 Å². The second-order valence-corrected chi connectivity index (χ2v) is 11.5. The molecule has 0 heterocycles. The molecule has 0 spiro atoms. The summed E-state index contributed by atoms with van der Waals surface area (Å²) < 4.78 is 0. The van der Waals surface area contributed by atoms with Crippen molar-refractivity contribution in [2.75, 3.05) is 0 Å². The molecular weight excluding hydrogens is 456 g/mol. The first-order chi connectivity index (χ1) is 16.5. The van der Waals surface area contributed by atoms with Gasteiger partial charge >= 0.3 is 12.2 Å². The van der Waals surface area contributed by atoms with Gasteiger partial charge in [0, 0.05) is 0 Å². The third kappa shape index (κ3) is 9.28. The van der Waals surface area contributed by atoms with E-state index in [4.69, 9.17) is 9.68 Å². The smallest absolute Gasteiger partial charge is 0.311 e. The molecule has 8 heteroatoms. The van der Waals surface area contributed by atoms with E-state index in [1.54, 1.807) is 0 Å². The number of oxime groups is 2. The summed E-state index contributed by atoms with van der Waals surface area (Å²) >= 11 is 0. The number of nitrogens with zero attached hydrogens (tertiary/aromatic N) is 2. The van der Waals surface area contributed by atoms with Crippen LogP contribution < -0.4 is 10.6 Å². The molecule has 1 aromatic carbocycles. The van der Waals surface area contributed by atoms with Crippen LogP contribution >= 0.6 is 0 Å². The largest absolute Gasteiger partial charge is 0.434 e. The Morgan fingerprint density at radius 2 is 0.972 bits per heavy atom. The van der Waals surface area contributed by atoms with Gasteiger partial charge in [0.25, 0.3) is 0 Å². The fourth-order valence-electron chi connectivity index (χ4n) is 3.94. The molecule has 0 aliphatic heterocycles. The van der Waals surface area contributed by atoms with Crippen molar-refractivity contribution in [1.82, 2.24) is 10.6 Å². The molecule has 2 N–H and O–H groups in total. The first kappa shape index (κ1) is 31.1. The molecular formula is C28H46N4O4. The topological polar surface area (TPSA) is 101 Å². The summed E-state index contributed by atoms with van der Waals surface area (Å²) in [5, 5.41) is 13.9. The molecule has 8 nitrogen and oxygen atoms in total. The quantitative estimate of drug-likeness (QED) is 0.205. The van der Waals surface area contributed by atoms with Crippen LogP contribution in [0.4, 0.5) is 9.59 Å². The van der Waals surface area contributed by atoms with Crippen LogP contribution in [-0.4, -0.2) is 23.6 Å². The zero-order chi connectivity index (χ0) is 27.8. The third-order valence-electron chi connectivity index (χ3n) is 5.97. The highest BCUT2D eigenvalue weighted by molar-refractivity contribution is 5.88. The third-order valence-corrected chi connectivity index (χ3v) is 5.97. The molecule has 36 heavy (non-hydrogen) atoms. The lowest BCUT2D eigenvalue weighted by molar-refractivity contribution is 0.138. The molecule has 0 radical (unpaired) electrons. The first-order valence-electron chi connectivity index (χ1n) is 12.7. The van der Waals surface area contributed by atoms with E-state index in [9.17, 15) is 9.59 Å². The summed E-state index contributed by atoms with van der Waals surface area (Å²) in [6, 6.07) is 7.65. The molecule has 0 saturated carbocycles. The van der Waals surface area contributed by atoms with Gasteiger partial charge in [0.2, 0.25) is 0 Å². The van der Waals surface area contributed by atoms with E-state index in [0.717, 1.165) is 22.6 Å². The summed E-state index contributed by atoms with van der Waals surface area (Å²) in [6.45, 7) is 23.6. The summed E-state index contributed by atoms with van der Waals surface area (Å²) in [7, 11) is 0. The van der Waals surface area contributed by atoms with E-state index in [1.165, 1.54) is 0 Å². The minimum absolute atomic E-state index is 0.178. The Bertz CT molecular complexity index is 867. The summed E-state index contributed by atoms with van der Waals surface area (Å²) in [6.07, 6.45) is -1.26. The fourth-order valence-corrected chi connectivity index (χ4v) is 3.94. The van der Waals surface area contributed by atoms with Crippen LogP contribution in [0.15, 0.2) is 34.6 Å². The van der Waals surface area contributed by atoms with Crippen molar-refractivity contribution < 1.29 is 19.3 Å². The molecule has 0 fully saturated rings. The average Bonchev–Trinajstić information content (AvgIpc) is 2.72. The van der Waals surface area contributed by atoms with Crippen molar-refractivity contribution in [3.05, 3.63) is 35.4 Å². The van der Waals surface area contributed by atoms with Crippen molar-refractivity contribution in [3.8, 4) is 0 Å². The molecule has 0 aliphatic rings. The van der Waals surface area contributed by atoms with Crippen molar-refractivity contribution in [3.63, 3.8) is 0 Å². The Morgan fingerprint density at radius 1 is 0.667 bits per heavy atom. The monoisotopic (exact) mass is 502 g/mol. The highest BCUT2D eigenvalue weighted by Crippen LogP contribution is 2.27. The predicted octanol–water partition coefficient (Wildman–Crippen LogP) is 6.95. The summed E-state index contributed by atoms with van der Waals surface area (Å²) in [5.74, 6) is 0.711. The molecule has 2 amide bonds. The second kappa shape index (κ2) is 12.9. The van der Waals surface area contributed by atoms with Crippen molar-refractivity contribution >= 4 is 23.6 Å². The van der Waals surface area contributed by atoms with E-state index >= 15 is 0 Å². The van der Waals surface area contributed by atoms with E-state index in [0.29, 0.717) is 0 Å². The van der Waals surface area contributed by atoms with Crippen molar-refractivity contribution in [2.45, 2.75) is 94.2 Å². The highest BCUT2D eigenvalue weighted by Gasteiger charge is 2.29. The number of hydrogen-bond acceptors (Lipinski definition) is 6. The molecule has 0 aromatic heterocycles. The number of rotatable bonds is 10. The van der Waals surface area contributed by atoms with E-state index in [-0.39, 0.29) is 23.7 Å². The van der Waals surface area contributed by atoms with E-state index in [2.05, 4.69) is 20.9 Å². The SMILES string of the molecule is CC(C)C(=NOC(=O)NC(C)(C)c1cccc(C(C)(C)NC(=O)ON=C(C(C)C)C(C)C)c1)C(C)C. The highest BCUT2D eigenvalue weighted by atomic mass is 16.7. The Labute approximate surface area is 217 Å². The van der Waals surface area contributed by atoms with E-state index in [1.807, 2.05) is 107 Å². The summed E-state index contributed by atoms with van der Waals surface area (Å²) in [5.41, 5.74) is 1.84. The molecule has 1 rings (SSSR count). The van der Waals surface area contributed by atoms with Gasteiger partial charge in [0.15, 0.2) is 0 Å². The zero-order valence-corrected chi connectivity index (χ0v) is 24.1. The van der Waals surface area contributed by atoms with Crippen LogP contribution in [0.2, 0.25) is 0 Å². The minimum atomic E-state index is -0.747. The normalized spacial score (nSPS) is 12.0. The number of amides is 2. The molecule has 0 unspecified atom stereocenters.